The van der Waals surface area contributed by atoms with E-state index in [2.05, 4.69) is 5.32 Å². The summed E-state index contributed by atoms with van der Waals surface area (Å²) >= 11 is 0. The van der Waals surface area contributed by atoms with Gasteiger partial charge in [-0.1, -0.05) is 12.1 Å². The van der Waals surface area contributed by atoms with Gasteiger partial charge in [0.1, 0.15) is 12.3 Å². The van der Waals surface area contributed by atoms with Crippen molar-refractivity contribution in [3.05, 3.63) is 54.1 Å². The number of methoxy groups -OCH3 is 1. The lowest BCUT2D eigenvalue weighted by atomic mass is 10.2. The van der Waals surface area contributed by atoms with E-state index in [1.807, 2.05) is 0 Å². The van der Waals surface area contributed by atoms with Gasteiger partial charge in [-0.25, -0.2) is 17.9 Å². The van der Waals surface area contributed by atoms with Crippen LogP contribution in [0.15, 0.2) is 53.4 Å². The third-order valence-electron chi connectivity index (χ3n) is 3.53. The number of esters is 1. The Balaban J connectivity index is 1.98. The molecule has 0 aliphatic carbocycles. The normalized spacial score (nSPS) is 11.6. The number of hydrogen-bond acceptors (Lipinski definition) is 6. The molecule has 30 heavy (non-hydrogen) atoms. The molecule has 8 nitrogen and oxygen atoms in total. The van der Waals surface area contributed by atoms with E-state index in [0.717, 1.165) is 18.2 Å². The highest BCUT2D eigenvalue weighted by Gasteiger charge is 2.30. The zero-order valence-electron chi connectivity index (χ0n) is 15.5. The van der Waals surface area contributed by atoms with Gasteiger partial charge in [-0.05, 0) is 30.3 Å². The first-order chi connectivity index (χ1) is 14.0. The first-order valence-electron chi connectivity index (χ1n) is 8.28. The summed E-state index contributed by atoms with van der Waals surface area (Å²) in [5.74, 6) is -1.18. The fraction of sp³-hybridized carbons (Fsp3) is 0.222. The molecule has 0 bridgehead atoms. The molecule has 0 radical (unpaired) electrons. The van der Waals surface area contributed by atoms with Crippen molar-refractivity contribution < 1.29 is 40.7 Å². The van der Waals surface area contributed by atoms with Crippen LogP contribution in [-0.2, 0) is 19.6 Å². The Morgan fingerprint density at radius 1 is 1.07 bits per heavy atom. The summed E-state index contributed by atoms with van der Waals surface area (Å²) in [5, 5.41) is 2.48. The van der Waals surface area contributed by atoms with Gasteiger partial charge in [0.15, 0.2) is 6.61 Å². The summed E-state index contributed by atoms with van der Waals surface area (Å²) in [6.45, 7) is -2.42. The number of carbonyl (C=O) groups is 2. The number of amides is 1. The average molecular weight is 446 g/mol. The Labute approximate surface area is 170 Å². The second kappa shape index (κ2) is 9.59. The quantitative estimate of drug-likeness (QED) is 0.603. The minimum absolute atomic E-state index is 0.251. The molecular weight excluding hydrogens is 429 g/mol. The summed E-state index contributed by atoms with van der Waals surface area (Å²) in [6.07, 6.45) is -4.74. The van der Waals surface area contributed by atoms with Crippen LogP contribution >= 0.6 is 0 Å². The summed E-state index contributed by atoms with van der Waals surface area (Å²) in [7, 11) is -3.04. The van der Waals surface area contributed by atoms with Gasteiger partial charge < -0.3 is 14.8 Å². The van der Waals surface area contributed by atoms with Crippen molar-refractivity contribution in [2.24, 2.45) is 0 Å². The van der Waals surface area contributed by atoms with E-state index in [4.69, 9.17) is 9.47 Å². The molecule has 2 aromatic rings. The molecule has 1 amide bonds. The first-order valence-corrected chi connectivity index (χ1v) is 9.76. The molecule has 0 saturated carbocycles. The summed E-state index contributed by atoms with van der Waals surface area (Å²) < 4.78 is 71.8. The molecule has 0 aromatic heterocycles. The van der Waals surface area contributed by atoms with E-state index in [1.165, 1.54) is 17.9 Å². The van der Waals surface area contributed by atoms with Gasteiger partial charge >= 0.3 is 12.1 Å². The number of benzene rings is 2. The molecule has 0 atom stereocenters. The van der Waals surface area contributed by atoms with Crippen molar-refractivity contribution in [2.45, 2.75) is 11.1 Å². The Bertz CT molecular complexity index is 1020. The van der Waals surface area contributed by atoms with Gasteiger partial charge in [0.2, 0.25) is 10.0 Å². The maximum absolute atomic E-state index is 12.2. The molecule has 0 spiro atoms. The lowest BCUT2D eigenvalue weighted by molar-refractivity contribution is -0.121. The summed E-state index contributed by atoms with van der Waals surface area (Å²) in [5.41, 5.74) is 0.151. The van der Waals surface area contributed by atoms with Crippen molar-refractivity contribution >= 4 is 27.6 Å². The molecule has 0 fully saturated rings. The Morgan fingerprint density at radius 3 is 2.43 bits per heavy atom. The number of nitrogens with one attached hydrogen (secondary N) is 2. The van der Waals surface area contributed by atoms with Gasteiger partial charge in [-0.15, -0.1) is 0 Å². The van der Waals surface area contributed by atoms with Crippen LogP contribution in [0.5, 0.6) is 5.75 Å². The fourth-order valence-corrected chi connectivity index (χ4v) is 3.22. The SMILES string of the molecule is COc1cccc(NC(=O)COC(=O)c2cccc(S(=O)(=O)NCC(F)(F)F)c2)c1. The third kappa shape index (κ3) is 7.04. The van der Waals surface area contributed by atoms with Gasteiger partial charge in [-0.3, -0.25) is 4.79 Å². The highest BCUT2D eigenvalue weighted by molar-refractivity contribution is 7.89. The number of alkyl halides is 3. The molecular formula is C18H17F3N2O6S. The second-order valence-corrected chi connectivity index (χ2v) is 7.59. The van der Waals surface area contributed by atoms with Gasteiger partial charge in [0.05, 0.1) is 17.6 Å². The summed E-state index contributed by atoms with van der Waals surface area (Å²) in [6, 6.07) is 10.7. The molecule has 0 unspecified atom stereocenters. The van der Waals surface area contributed by atoms with Gasteiger partial charge in [0.25, 0.3) is 5.91 Å². The maximum Gasteiger partial charge on any atom is 0.402 e. The zero-order chi connectivity index (χ0) is 22.4. The topological polar surface area (TPSA) is 111 Å². The van der Waals surface area contributed by atoms with E-state index in [-0.39, 0.29) is 5.56 Å². The smallest absolute Gasteiger partial charge is 0.402 e. The van der Waals surface area contributed by atoms with Crippen LogP contribution in [-0.4, -0.2) is 46.7 Å². The lowest BCUT2D eigenvalue weighted by Gasteiger charge is -2.10. The number of carbonyl (C=O) groups excluding carboxylic acids is 2. The zero-order valence-corrected chi connectivity index (χ0v) is 16.3. The molecule has 162 valence electrons. The van der Waals surface area contributed by atoms with E-state index in [1.54, 1.807) is 24.3 Å². The third-order valence-corrected chi connectivity index (χ3v) is 4.93. The maximum atomic E-state index is 12.2. The Kier molecular flexibility index (Phi) is 7.40. The highest BCUT2D eigenvalue weighted by atomic mass is 32.2. The van der Waals surface area contributed by atoms with E-state index in [0.29, 0.717) is 11.4 Å². The second-order valence-electron chi connectivity index (χ2n) is 5.82. The van der Waals surface area contributed by atoms with Crippen molar-refractivity contribution in [3.63, 3.8) is 0 Å². The number of ether oxygens (including phenoxy) is 2. The number of rotatable bonds is 8. The molecule has 2 rings (SSSR count). The lowest BCUT2D eigenvalue weighted by Crippen LogP contribution is -2.33. The van der Waals surface area contributed by atoms with Crippen molar-refractivity contribution in [1.29, 1.82) is 0 Å². The number of hydrogen-bond donors (Lipinski definition) is 2. The predicted octanol–water partition coefficient (Wildman–Crippen LogP) is 2.33. The number of halogens is 3. The molecule has 12 heteroatoms. The van der Waals surface area contributed by atoms with Crippen LogP contribution in [0.2, 0.25) is 0 Å². The monoisotopic (exact) mass is 446 g/mol. The van der Waals surface area contributed by atoms with E-state index >= 15 is 0 Å². The Hall–Kier alpha value is -3.12. The van der Waals surface area contributed by atoms with Gasteiger partial charge in [-0.2, -0.15) is 13.2 Å². The van der Waals surface area contributed by atoms with Gasteiger partial charge in [0, 0.05) is 11.8 Å². The number of anilines is 1. The average Bonchev–Trinajstić information content (AvgIpc) is 2.70. The molecule has 2 N–H and O–H groups in total. The predicted molar refractivity (Wildman–Crippen MR) is 99.6 cm³/mol. The van der Waals surface area contributed by atoms with E-state index < -0.39 is 46.1 Å². The van der Waals surface area contributed by atoms with Crippen LogP contribution < -0.4 is 14.8 Å². The van der Waals surface area contributed by atoms with Crippen molar-refractivity contribution in [1.82, 2.24) is 4.72 Å². The molecule has 0 aliphatic rings. The largest absolute Gasteiger partial charge is 0.497 e. The van der Waals surface area contributed by atoms with Crippen LogP contribution in [0.3, 0.4) is 0 Å². The number of sulfonamides is 1. The molecule has 2 aromatic carbocycles. The minimum atomic E-state index is -4.74. The molecule has 0 saturated heterocycles. The first kappa shape index (κ1) is 23.2. The summed E-state index contributed by atoms with van der Waals surface area (Å²) in [4.78, 5) is 23.4. The van der Waals surface area contributed by atoms with Crippen LogP contribution in [0.1, 0.15) is 10.4 Å². The Morgan fingerprint density at radius 2 is 1.77 bits per heavy atom. The van der Waals surface area contributed by atoms with Crippen LogP contribution in [0.25, 0.3) is 0 Å². The molecule has 0 heterocycles. The standard InChI is InChI=1S/C18H17F3N2O6S/c1-28-14-6-3-5-13(9-14)23-16(24)10-29-17(25)12-4-2-7-15(8-12)30(26,27)22-11-18(19,20)21/h2-9,22H,10-11H2,1H3,(H,23,24). The minimum Gasteiger partial charge on any atom is -0.497 e. The highest BCUT2D eigenvalue weighted by Crippen LogP contribution is 2.18. The molecule has 0 aliphatic heterocycles. The van der Waals surface area contributed by atoms with Crippen LogP contribution in [0, 0.1) is 0 Å². The van der Waals surface area contributed by atoms with Crippen molar-refractivity contribution in [3.8, 4) is 5.75 Å². The van der Waals surface area contributed by atoms with E-state index in [9.17, 15) is 31.2 Å². The fourth-order valence-electron chi connectivity index (χ4n) is 2.16. The van der Waals surface area contributed by atoms with Crippen molar-refractivity contribution in [2.75, 3.05) is 25.6 Å². The van der Waals surface area contributed by atoms with Crippen LogP contribution in [0.4, 0.5) is 18.9 Å².